The first-order valence-electron chi connectivity index (χ1n) is 5.70. The van der Waals surface area contributed by atoms with Crippen molar-refractivity contribution >= 4 is 38.9 Å². The van der Waals surface area contributed by atoms with Crippen molar-refractivity contribution in [3.63, 3.8) is 0 Å². The van der Waals surface area contributed by atoms with Gasteiger partial charge in [0.1, 0.15) is 18.0 Å². The lowest BCUT2D eigenvalue weighted by atomic mass is 10.4. The molecule has 2 heterocycles. The van der Waals surface area contributed by atoms with Gasteiger partial charge < -0.3 is 10.6 Å². The summed E-state index contributed by atoms with van der Waals surface area (Å²) in [7, 11) is 0. The molecule has 0 saturated carbocycles. The van der Waals surface area contributed by atoms with Gasteiger partial charge >= 0.3 is 0 Å². The van der Waals surface area contributed by atoms with Gasteiger partial charge in [-0.3, -0.25) is 0 Å². The van der Waals surface area contributed by atoms with Crippen molar-refractivity contribution in [1.82, 2.24) is 9.97 Å². The van der Waals surface area contributed by atoms with E-state index in [0.717, 1.165) is 22.0 Å². The maximum atomic E-state index is 4.20. The molecule has 0 fully saturated rings. The molecule has 18 heavy (non-hydrogen) atoms. The summed E-state index contributed by atoms with van der Waals surface area (Å²) >= 11 is 5.17. The Morgan fingerprint density at radius 2 is 2.06 bits per heavy atom. The van der Waals surface area contributed by atoms with Crippen LogP contribution in [-0.4, -0.2) is 16.0 Å². The van der Waals surface area contributed by atoms with Crippen LogP contribution in [0, 0.1) is 0 Å². The van der Waals surface area contributed by atoms with Crippen molar-refractivity contribution < 1.29 is 0 Å². The molecule has 0 aliphatic heterocycles. The highest BCUT2D eigenvalue weighted by Crippen LogP contribution is 2.22. The highest BCUT2D eigenvalue weighted by molar-refractivity contribution is 9.11. The van der Waals surface area contributed by atoms with Gasteiger partial charge in [-0.15, -0.1) is 11.3 Å². The number of halogens is 1. The van der Waals surface area contributed by atoms with Crippen molar-refractivity contribution in [3.05, 3.63) is 33.2 Å². The Bertz CT molecular complexity index is 512. The van der Waals surface area contributed by atoms with Gasteiger partial charge in [0.25, 0.3) is 0 Å². The zero-order chi connectivity index (χ0) is 13.0. The highest BCUT2D eigenvalue weighted by atomic mass is 79.9. The van der Waals surface area contributed by atoms with E-state index in [1.165, 1.54) is 4.88 Å². The van der Waals surface area contributed by atoms with Gasteiger partial charge in [0.15, 0.2) is 0 Å². The molecule has 0 saturated heterocycles. The van der Waals surface area contributed by atoms with Crippen LogP contribution < -0.4 is 10.6 Å². The van der Waals surface area contributed by atoms with Crippen molar-refractivity contribution in [3.8, 4) is 0 Å². The average molecular weight is 327 g/mol. The third-order valence-electron chi connectivity index (χ3n) is 2.18. The lowest BCUT2D eigenvalue weighted by Crippen LogP contribution is -2.11. The minimum absolute atomic E-state index is 0.362. The molecule has 2 aromatic rings. The molecule has 0 spiro atoms. The molecule has 2 N–H and O–H groups in total. The molecule has 2 aromatic heterocycles. The van der Waals surface area contributed by atoms with E-state index < -0.39 is 0 Å². The molecule has 0 atom stereocenters. The lowest BCUT2D eigenvalue weighted by Gasteiger charge is -2.10. The Labute approximate surface area is 119 Å². The summed E-state index contributed by atoms with van der Waals surface area (Å²) in [4.78, 5) is 9.63. The van der Waals surface area contributed by atoms with Crippen LogP contribution >= 0.6 is 27.3 Å². The Hall–Kier alpha value is -1.14. The Balaban J connectivity index is 1.96. The zero-order valence-electron chi connectivity index (χ0n) is 10.3. The van der Waals surface area contributed by atoms with Gasteiger partial charge in [-0.1, -0.05) is 0 Å². The molecule has 0 amide bonds. The quantitative estimate of drug-likeness (QED) is 0.878. The smallest absolute Gasteiger partial charge is 0.131 e. The average Bonchev–Trinajstić information content (AvgIpc) is 2.72. The normalized spacial score (nSPS) is 10.7. The fourth-order valence-corrected chi connectivity index (χ4v) is 2.88. The van der Waals surface area contributed by atoms with E-state index in [0.29, 0.717) is 6.04 Å². The first-order chi connectivity index (χ1) is 8.63. The predicted octanol–water partition coefficient (Wildman–Crippen LogP) is 3.73. The van der Waals surface area contributed by atoms with Crippen LogP contribution in [0.1, 0.15) is 18.7 Å². The monoisotopic (exact) mass is 326 g/mol. The van der Waals surface area contributed by atoms with E-state index in [1.807, 2.05) is 12.1 Å². The fourth-order valence-electron chi connectivity index (χ4n) is 1.45. The van der Waals surface area contributed by atoms with Crippen molar-refractivity contribution in [1.29, 1.82) is 0 Å². The molecule has 4 nitrogen and oxygen atoms in total. The van der Waals surface area contributed by atoms with Gasteiger partial charge in [-0.25, -0.2) is 9.97 Å². The van der Waals surface area contributed by atoms with Gasteiger partial charge in [0, 0.05) is 17.0 Å². The summed E-state index contributed by atoms with van der Waals surface area (Å²) in [6.45, 7) is 4.94. The Kier molecular flexibility index (Phi) is 4.54. The molecule has 2 rings (SSSR count). The number of nitrogens with one attached hydrogen (secondary N) is 2. The van der Waals surface area contributed by atoms with E-state index in [1.54, 1.807) is 17.7 Å². The third kappa shape index (κ3) is 3.96. The van der Waals surface area contributed by atoms with E-state index in [9.17, 15) is 0 Å². The molecule has 0 aliphatic rings. The Morgan fingerprint density at radius 3 is 2.72 bits per heavy atom. The minimum atomic E-state index is 0.362. The fraction of sp³-hybridized carbons (Fsp3) is 0.333. The van der Waals surface area contributed by atoms with Crippen LogP contribution in [0.15, 0.2) is 28.3 Å². The molecule has 0 unspecified atom stereocenters. The Morgan fingerprint density at radius 1 is 1.28 bits per heavy atom. The lowest BCUT2D eigenvalue weighted by molar-refractivity contribution is 0.886. The molecule has 0 bridgehead atoms. The summed E-state index contributed by atoms with van der Waals surface area (Å²) in [5.41, 5.74) is 0. The van der Waals surface area contributed by atoms with Gasteiger partial charge in [-0.05, 0) is 41.9 Å². The molecule has 96 valence electrons. The van der Waals surface area contributed by atoms with E-state index in [4.69, 9.17) is 0 Å². The number of aromatic nitrogens is 2. The van der Waals surface area contributed by atoms with Crippen LogP contribution in [0.5, 0.6) is 0 Å². The topological polar surface area (TPSA) is 49.8 Å². The van der Waals surface area contributed by atoms with Crippen LogP contribution in [0.25, 0.3) is 0 Å². The number of nitrogens with zero attached hydrogens (tertiary/aromatic N) is 2. The molecule has 0 aliphatic carbocycles. The highest BCUT2D eigenvalue weighted by Gasteiger charge is 2.01. The number of hydrogen-bond acceptors (Lipinski definition) is 5. The van der Waals surface area contributed by atoms with Crippen LogP contribution in [0.4, 0.5) is 11.6 Å². The van der Waals surface area contributed by atoms with Crippen LogP contribution in [-0.2, 0) is 6.54 Å². The summed E-state index contributed by atoms with van der Waals surface area (Å²) < 4.78 is 1.14. The van der Waals surface area contributed by atoms with Crippen molar-refractivity contribution in [2.75, 3.05) is 10.6 Å². The number of anilines is 2. The first kappa shape index (κ1) is 13.3. The number of rotatable bonds is 5. The van der Waals surface area contributed by atoms with E-state index in [2.05, 4.69) is 56.4 Å². The van der Waals surface area contributed by atoms with Gasteiger partial charge in [0.2, 0.25) is 0 Å². The van der Waals surface area contributed by atoms with Crippen molar-refractivity contribution in [2.45, 2.75) is 26.4 Å². The third-order valence-corrected chi connectivity index (χ3v) is 3.80. The first-order valence-corrected chi connectivity index (χ1v) is 7.31. The van der Waals surface area contributed by atoms with Gasteiger partial charge in [0.05, 0.1) is 10.3 Å². The van der Waals surface area contributed by atoms with Crippen molar-refractivity contribution in [2.24, 2.45) is 0 Å². The second kappa shape index (κ2) is 6.15. The zero-order valence-corrected chi connectivity index (χ0v) is 12.7. The molecular formula is C12H15BrN4S. The van der Waals surface area contributed by atoms with Crippen LogP contribution in [0.2, 0.25) is 0 Å². The summed E-state index contributed by atoms with van der Waals surface area (Å²) in [6, 6.07) is 6.42. The second-order valence-electron chi connectivity index (χ2n) is 4.15. The second-order valence-corrected chi connectivity index (χ2v) is 6.69. The van der Waals surface area contributed by atoms with Gasteiger partial charge in [-0.2, -0.15) is 0 Å². The number of hydrogen-bond donors (Lipinski definition) is 2. The minimum Gasteiger partial charge on any atom is -0.368 e. The molecule has 0 radical (unpaired) electrons. The van der Waals surface area contributed by atoms with E-state index in [-0.39, 0.29) is 0 Å². The molecule has 0 aromatic carbocycles. The molecule has 6 heteroatoms. The van der Waals surface area contributed by atoms with E-state index >= 15 is 0 Å². The van der Waals surface area contributed by atoms with Crippen LogP contribution in [0.3, 0.4) is 0 Å². The molecular weight excluding hydrogens is 312 g/mol. The summed E-state index contributed by atoms with van der Waals surface area (Å²) in [5, 5.41) is 6.54. The largest absolute Gasteiger partial charge is 0.368 e. The SMILES string of the molecule is CC(C)Nc1cc(NCc2ccc(Br)s2)ncn1. The summed E-state index contributed by atoms with van der Waals surface area (Å²) in [6.07, 6.45) is 1.57. The maximum absolute atomic E-state index is 4.20. The predicted molar refractivity (Wildman–Crippen MR) is 80.1 cm³/mol. The standard InChI is InChI=1S/C12H15BrN4S/c1-8(2)17-12-5-11(15-7-16-12)14-6-9-3-4-10(13)18-9/h3-5,7-8H,6H2,1-2H3,(H2,14,15,16,17). The summed E-state index contributed by atoms with van der Waals surface area (Å²) in [5.74, 6) is 1.67. The number of thiophene rings is 1. The maximum Gasteiger partial charge on any atom is 0.131 e.